The van der Waals surface area contributed by atoms with E-state index in [1.807, 2.05) is 54.4 Å². The number of benzene rings is 1. The summed E-state index contributed by atoms with van der Waals surface area (Å²) < 4.78 is 7.99. The molecule has 0 saturated carbocycles. The van der Waals surface area contributed by atoms with Crippen LogP contribution in [0.2, 0.25) is 0 Å². The lowest BCUT2D eigenvalue weighted by Gasteiger charge is -2.32. The van der Waals surface area contributed by atoms with Gasteiger partial charge in [-0.2, -0.15) is 0 Å². The fourth-order valence-corrected chi connectivity index (χ4v) is 4.78. The fraction of sp³-hybridized carbons (Fsp3) is 0.231. The molecule has 34 heavy (non-hydrogen) atoms. The van der Waals surface area contributed by atoms with Gasteiger partial charge in [0, 0.05) is 49.6 Å². The van der Waals surface area contributed by atoms with Crippen molar-refractivity contribution in [3.05, 3.63) is 73.3 Å². The summed E-state index contributed by atoms with van der Waals surface area (Å²) in [7, 11) is 2.02. The SMILES string of the molecule is C=CC(=O)N1CCC(c2c(-c3ccc(Oc4ccccn4)cc3)c3c(N)ncnc3n2C)CC1. The van der Waals surface area contributed by atoms with Crippen LogP contribution in [0.3, 0.4) is 0 Å². The standard InChI is InChI=1S/C26H26N6O2/c1-3-21(33)32-14-11-18(12-15-32)24-22(23-25(27)29-16-30-26(23)31(24)2)17-7-9-19(10-8-17)34-20-6-4-5-13-28-20/h3-10,13,16,18H,1,11-12,14-15H2,2H3,(H2,27,29,30). The van der Waals surface area contributed by atoms with Crippen LogP contribution in [-0.4, -0.2) is 43.4 Å². The van der Waals surface area contributed by atoms with Crippen molar-refractivity contribution in [2.45, 2.75) is 18.8 Å². The lowest BCUT2D eigenvalue weighted by atomic mass is 9.88. The van der Waals surface area contributed by atoms with Crippen molar-refractivity contribution in [1.82, 2.24) is 24.4 Å². The van der Waals surface area contributed by atoms with Crippen LogP contribution in [0.5, 0.6) is 11.6 Å². The molecule has 172 valence electrons. The summed E-state index contributed by atoms with van der Waals surface area (Å²) in [5, 5.41) is 0.850. The Morgan fingerprint density at radius 2 is 1.88 bits per heavy atom. The molecule has 1 saturated heterocycles. The number of anilines is 1. The number of piperidine rings is 1. The second kappa shape index (κ2) is 8.97. The molecule has 0 atom stereocenters. The van der Waals surface area contributed by atoms with Gasteiger partial charge in [-0.05, 0) is 42.7 Å². The molecule has 1 aliphatic rings. The number of pyridine rings is 1. The maximum atomic E-state index is 12.1. The van der Waals surface area contributed by atoms with Gasteiger partial charge in [-0.25, -0.2) is 15.0 Å². The van der Waals surface area contributed by atoms with E-state index < -0.39 is 0 Å². The third-order valence-corrected chi connectivity index (χ3v) is 6.41. The first-order chi connectivity index (χ1) is 16.6. The van der Waals surface area contributed by atoms with Crippen LogP contribution in [0, 0.1) is 0 Å². The Hall–Kier alpha value is -4.20. The summed E-state index contributed by atoms with van der Waals surface area (Å²) in [5.74, 6) is 1.93. The van der Waals surface area contributed by atoms with Crippen LogP contribution in [0.25, 0.3) is 22.2 Å². The highest BCUT2D eigenvalue weighted by molar-refractivity contribution is 6.02. The Morgan fingerprint density at radius 3 is 2.56 bits per heavy atom. The van der Waals surface area contributed by atoms with Gasteiger partial charge in [0.2, 0.25) is 11.8 Å². The third kappa shape index (κ3) is 3.87. The molecule has 2 N–H and O–H groups in total. The topological polar surface area (TPSA) is 99.2 Å². The molecular formula is C26H26N6O2. The number of amides is 1. The van der Waals surface area contributed by atoms with E-state index >= 15 is 0 Å². The number of carbonyl (C=O) groups excluding carboxylic acids is 1. The lowest BCUT2D eigenvalue weighted by Crippen LogP contribution is -2.37. The summed E-state index contributed by atoms with van der Waals surface area (Å²) in [6.45, 7) is 4.99. The van der Waals surface area contributed by atoms with E-state index in [-0.39, 0.29) is 11.8 Å². The second-order valence-corrected chi connectivity index (χ2v) is 8.37. The van der Waals surface area contributed by atoms with Gasteiger partial charge >= 0.3 is 0 Å². The van der Waals surface area contributed by atoms with Gasteiger partial charge in [0.1, 0.15) is 23.5 Å². The predicted molar refractivity (Wildman–Crippen MR) is 131 cm³/mol. The van der Waals surface area contributed by atoms with Gasteiger partial charge in [-0.1, -0.05) is 24.8 Å². The number of aryl methyl sites for hydroxylation is 1. The maximum absolute atomic E-state index is 12.1. The van der Waals surface area contributed by atoms with E-state index in [0.717, 1.165) is 40.7 Å². The number of carbonyl (C=O) groups is 1. The minimum Gasteiger partial charge on any atom is -0.439 e. The summed E-state index contributed by atoms with van der Waals surface area (Å²) >= 11 is 0. The predicted octanol–water partition coefficient (Wildman–Crippen LogP) is 4.30. The van der Waals surface area contributed by atoms with Crippen LogP contribution >= 0.6 is 0 Å². The minimum absolute atomic E-state index is 0.0191. The minimum atomic E-state index is -0.0191. The number of nitrogens with zero attached hydrogens (tertiary/aromatic N) is 5. The monoisotopic (exact) mass is 454 g/mol. The van der Waals surface area contributed by atoms with Crippen molar-refractivity contribution >= 4 is 22.8 Å². The van der Waals surface area contributed by atoms with Crippen LogP contribution in [0.1, 0.15) is 24.5 Å². The van der Waals surface area contributed by atoms with Gasteiger partial charge in [0.05, 0.1) is 5.39 Å². The van der Waals surface area contributed by atoms with Crippen LogP contribution in [-0.2, 0) is 11.8 Å². The van der Waals surface area contributed by atoms with Crippen LogP contribution in [0.15, 0.2) is 67.6 Å². The number of fused-ring (bicyclic) bond motifs is 1. The van der Waals surface area contributed by atoms with Crippen molar-refractivity contribution in [2.24, 2.45) is 7.05 Å². The summed E-state index contributed by atoms with van der Waals surface area (Å²) in [6.07, 6.45) is 6.28. The van der Waals surface area contributed by atoms with Crippen LogP contribution < -0.4 is 10.5 Å². The van der Waals surface area contributed by atoms with Gasteiger partial charge < -0.3 is 19.9 Å². The smallest absolute Gasteiger partial charge is 0.245 e. The molecule has 1 amide bonds. The fourth-order valence-electron chi connectivity index (χ4n) is 4.78. The Bertz CT molecular complexity index is 1340. The largest absolute Gasteiger partial charge is 0.439 e. The second-order valence-electron chi connectivity index (χ2n) is 8.37. The van der Waals surface area contributed by atoms with Crippen molar-refractivity contribution in [3.63, 3.8) is 0 Å². The quantitative estimate of drug-likeness (QED) is 0.452. The molecule has 0 aliphatic carbocycles. The van der Waals surface area contributed by atoms with E-state index in [1.165, 1.54) is 12.4 Å². The van der Waals surface area contributed by atoms with E-state index in [4.69, 9.17) is 10.5 Å². The molecule has 0 radical (unpaired) electrons. The van der Waals surface area contributed by atoms with E-state index in [1.54, 1.807) is 6.20 Å². The highest BCUT2D eigenvalue weighted by Gasteiger charge is 2.30. The number of hydrogen-bond donors (Lipinski definition) is 1. The average Bonchev–Trinajstić information content (AvgIpc) is 3.18. The Kier molecular flexibility index (Phi) is 5.71. The first-order valence-electron chi connectivity index (χ1n) is 11.3. The molecule has 5 rings (SSSR count). The highest BCUT2D eigenvalue weighted by Crippen LogP contribution is 2.43. The zero-order chi connectivity index (χ0) is 23.7. The zero-order valence-corrected chi connectivity index (χ0v) is 19.0. The average molecular weight is 455 g/mol. The molecule has 0 spiro atoms. The molecule has 1 aromatic carbocycles. The third-order valence-electron chi connectivity index (χ3n) is 6.41. The molecule has 4 aromatic rings. The van der Waals surface area contributed by atoms with E-state index in [2.05, 4.69) is 26.1 Å². The number of rotatable bonds is 5. The van der Waals surface area contributed by atoms with Gasteiger partial charge in [0.15, 0.2) is 0 Å². The molecule has 8 nitrogen and oxygen atoms in total. The highest BCUT2D eigenvalue weighted by atomic mass is 16.5. The molecule has 0 bridgehead atoms. The van der Waals surface area contributed by atoms with Gasteiger partial charge in [0.25, 0.3) is 0 Å². The first-order valence-corrected chi connectivity index (χ1v) is 11.3. The van der Waals surface area contributed by atoms with Crippen molar-refractivity contribution in [2.75, 3.05) is 18.8 Å². The number of nitrogens with two attached hydrogens (primary N) is 1. The Labute approximate surface area is 197 Å². The molecule has 0 unspecified atom stereocenters. The number of ether oxygens (including phenoxy) is 1. The van der Waals surface area contributed by atoms with Crippen molar-refractivity contribution < 1.29 is 9.53 Å². The molecule has 3 aromatic heterocycles. The summed E-state index contributed by atoms with van der Waals surface area (Å²) in [4.78, 5) is 26.9. The van der Waals surface area contributed by atoms with Crippen LogP contribution in [0.4, 0.5) is 5.82 Å². The zero-order valence-electron chi connectivity index (χ0n) is 19.0. The number of likely N-dealkylation sites (tertiary alicyclic amines) is 1. The Morgan fingerprint density at radius 1 is 1.12 bits per heavy atom. The van der Waals surface area contributed by atoms with Gasteiger partial charge in [-0.15, -0.1) is 0 Å². The van der Waals surface area contributed by atoms with E-state index in [0.29, 0.717) is 30.5 Å². The number of nitrogen functional groups attached to an aromatic ring is 1. The molecular weight excluding hydrogens is 428 g/mol. The van der Waals surface area contributed by atoms with Crippen molar-refractivity contribution in [1.29, 1.82) is 0 Å². The normalized spacial score (nSPS) is 14.3. The summed E-state index contributed by atoms with van der Waals surface area (Å²) in [6, 6.07) is 13.5. The van der Waals surface area contributed by atoms with E-state index in [9.17, 15) is 4.79 Å². The lowest BCUT2D eigenvalue weighted by molar-refractivity contribution is -0.127. The first kappa shape index (κ1) is 21.6. The summed E-state index contributed by atoms with van der Waals surface area (Å²) in [5.41, 5.74) is 10.4. The maximum Gasteiger partial charge on any atom is 0.245 e. The molecule has 8 heteroatoms. The number of aromatic nitrogens is 4. The van der Waals surface area contributed by atoms with Crippen molar-refractivity contribution in [3.8, 4) is 22.8 Å². The molecule has 4 heterocycles. The number of hydrogen-bond acceptors (Lipinski definition) is 6. The van der Waals surface area contributed by atoms with Gasteiger partial charge in [-0.3, -0.25) is 4.79 Å². The molecule has 1 fully saturated rings. The molecule has 1 aliphatic heterocycles. The Balaban J connectivity index is 1.54.